The molecule has 0 saturated carbocycles. The van der Waals surface area contributed by atoms with E-state index in [0.29, 0.717) is 29.9 Å². The highest BCUT2D eigenvalue weighted by atomic mass is 32.2. The Hall–Kier alpha value is -3.21. The molecule has 7 nitrogen and oxygen atoms in total. The normalized spacial score (nSPS) is 26.0. The lowest BCUT2D eigenvalue weighted by Crippen LogP contribution is -2.60. The van der Waals surface area contributed by atoms with Gasteiger partial charge in [-0.05, 0) is 76.5 Å². The topological polar surface area (TPSA) is 51.6 Å². The minimum absolute atomic E-state index is 0.0107. The second kappa shape index (κ2) is 11.5. The third kappa shape index (κ3) is 5.19. The lowest BCUT2D eigenvalue weighted by Gasteiger charge is -2.50. The van der Waals surface area contributed by atoms with Crippen LogP contribution in [0.3, 0.4) is 0 Å². The zero-order valence-electron chi connectivity index (χ0n) is 26.3. The highest BCUT2D eigenvalue weighted by molar-refractivity contribution is 7.99. The van der Waals surface area contributed by atoms with Crippen molar-refractivity contribution in [3.63, 3.8) is 0 Å². The van der Waals surface area contributed by atoms with Crippen LogP contribution in [0, 0.1) is 24.0 Å². The average molecular weight is 634 g/mol. The van der Waals surface area contributed by atoms with Crippen molar-refractivity contribution in [1.29, 1.82) is 0 Å². The third-order valence-corrected chi connectivity index (χ3v) is 11.6. The maximum absolute atomic E-state index is 15.4. The Morgan fingerprint density at radius 3 is 2.56 bits per heavy atom. The van der Waals surface area contributed by atoms with Crippen LogP contribution < -0.4 is 4.90 Å². The van der Waals surface area contributed by atoms with Crippen LogP contribution in [0.25, 0.3) is 11.1 Å². The third-order valence-electron chi connectivity index (χ3n) is 10.4. The summed E-state index contributed by atoms with van der Waals surface area (Å²) in [6, 6.07) is 6.06. The summed E-state index contributed by atoms with van der Waals surface area (Å²) >= 11 is 1.75. The van der Waals surface area contributed by atoms with E-state index in [4.69, 9.17) is 9.73 Å². The van der Waals surface area contributed by atoms with Crippen molar-refractivity contribution >= 4 is 29.2 Å². The summed E-state index contributed by atoms with van der Waals surface area (Å²) < 4.78 is 34.9. The quantitative estimate of drug-likeness (QED) is 0.405. The van der Waals surface area contributed by atoms with Crippen molar-refractivity contribution in [3.05, 3.63) is 72.1 Å². The number of carbonyl (C=O) groups is 1. The Balaban J connectivity index is 1.29. The number of amidine groups is 1. The fraction of sp³-hybridized carbons (Fsp3) is 0.486. The number of piperidine rings is 1. The van der Waals surface area contributed by atoms with Crippen molar-refractivity contribution in [3.8, 4) is 11.1 Å². The molecule has 3 atom stereocenters. The summed E-state index contributed by atoms with van der Waals surface area (Å²) in [4.78, 5) is 27.7. The van der Waals surface area contributed by atoms with Gasteiger partial charge in [0.2, 0.25) is 5.91 Å². The number of nitrogens with zero attached hydrogens (tertiary/aromatic N) is 5. The molecule has 45 heavy (non-hydrogen) atoms. The molecule has 0 radical (unpaired) electrons. The molecule has 5 heterocycles. The Morgan fingerprint density at radius 1 is 1.13 bits per heavy atom. The molecular formula is C35H41F2N5O2S. The van der Waals surface area contributed by atoms with Gasteiger partial charge in [-0.2, -0.15) is 0 Å². The first-order valence-electron chi connectivity index (χ1n) is 15.9. The van der Waals surface area contributed by atoms with Crippen molar-refractivity contribution in [2.75, 3.05) is 56.6 Å². The number of ether oxygens (including phenoxy) is 1. The highest BCUT2D eigenvalue weighted by Crippen LogP contribution is 2.51. The van der Waals surface area contributed by atoms with E-state index in [1.54, 1.807) is 17.8 Å². The Kier molecular flexibility index (Phi) is 7.81. The summed E-state index contributed by atoms with van der Waals surface area (Å²) in [6.07, 6.45) is 3.69. The first-order valence-corrected chi connectivity index (χ1v) is 16.9. The van der Waals surface area contributed by atoms with Gasteiger partial charge < -0.3 is 24.3 Å². The smallest absolute Gasteiger partial charge is 0.246 e. The van der Waals surface area contributed by atoms with Gasteiger partial charge in [0, 0.05) is 70.5 Å². The molecule has 7 rings (SSSR count). The van der Waals surface area contributed by atoms with E-state index in [1.807, 2.05) is 11.8 Å². The fourth-order valence-electron chi connectivity index (χ4n) is 7.75. The molecule has 0 aliphatic carbocycles. The highest BCUT2D eigenvalue weighted by Gasteiger charge is 2.44. The van der Waals surface area contributed by atoms with Crippen molar-refractivity contribution in [1.82, 2.24) is 14.7 Å². The number of hydrogen-bond donors (Lipinski definition) is 0. The minimum atomic E-state index is -0.591. The molecule has 2 aromatic carbocycles. The number of aliphatic imine (C=N–C) groups is 1. The van der Waals surface area contributed by atoms with E-state index in [1.165, 1.54) is 12.1 Å². The van der Waals surface area contributed by atoms with E-state index in [9.17, 15) is 9.18 Å². The summed E-state index contributed by atoms with van der Waals surface area (Å²) in [5, 5.41) is 0. The number of amides is 1. The maximum atomic E-state index is 15.4. The van der Waals surface area contributed by atoms with Crippen LogP contribution in [-0.2, 0) is 9.53 Å². The van der Waals surface area contributed by atoms with Gasteiger partial charge in [-0.1, -0.05) is 13.2 Å². The summed E-state index contributed by atoms with van der Waals surface area (Å²) in [6.45, 7) is 20.3. The van der Waals surface area contributed by atoms with Gasteiger partial charge in [-0.15, -0.1) is 11.8 Å². The Labute approximate surface area is 268 Å². The Bertz CT molecular complexity index is 1600. The lowest BCUT2D eigenvalue weighted by molar-refractivity contribution is -0.139. The van der Waals surface area contributed by atoms with Crippen molar-refractivity contribution in [2.45, 2.75) is 56.6 Å². The first-order chi connectivity index (χ1) is 21.6. The molecule has 0 unspecified atom stereocenters. The first kappa shape index (κ1) is 30.4. The molecule has 3 saturated heterocycles. The lowest BCUT2D eigenvalue weighted by atomic mass is 9.77. The van der Waals surface area contributed by atoms with Crippen molar-refractivity contribution in [2.24, 2.45) is 10.4 Å². The molecule has 10 heteroatoms. The van der Waals surface area contributed by atoms with Crippen LogP contribution >= 0.6 is 11.8 Å². The van der Waals surface area contributed by atoms with E-state index < -0.39 is 11.6 Å². The molecular weight excluding hydrogens is 592 g/mol. The average Bonchev–Trinajstić information content (AvgIpc) is 3.00. The van der Waals surface area contributed by atoms with Crippen LogP contribution in [0.1, 0.15) is 37.8 Å². The number of rotatable bonds is 4. The van der Waals surface area contributed by atoms with Gasteiger partial charge in [-0.25, -0.2) is 13.8 Å². The number of carbonyl (C=O) groups excluding carboxylic acids is 1. The molecule has 3 fully saturated rings. The van der Waals surface area contributed by atoms with Gasteiger partial charge in [0.25, 0.3) is 0 Å². The summed E-state index contributed by atoms with van der Waals surface area (Å²) in [5.41, 5.74) is 4.46. The number of thioether (sulfide) groups is 1. The summed E-state index contributed by atoms with van der Waals surface area (Å²) in [5.74, 6) is 1.07. The standard InChI is InChI=1S/C35H41F2N5O2S/c1-6-30(43)40-15-23(4)41(16-22(40)3)34-28-13-21(2)31(27-8-7-25(36)14-29(27)37)33-32(28)42(24(5)38-34)26(18-45-33)17-39-11-9-35(10-12-39)19-44-20-35/h6-8,13-14,22-23,26H,1,5,9-12,15-20H2,2-4H3/t22-,23+,26+/m1/s1. The number of benzene rings is 2. The predicted octanol–water partition coefficient (Wildman–Crippen LogP) is 5.67. The number of halogens is 2. The monoisotopic (exact) mass is 633 g/mol. The zero-order valence-corrected chi connectivity index (χ0v) is 27.1. The molecule has 238 valence electrons. The van der Waals surface area contributed by atoms with E-state index in [2.05, 4.69) is 47.8 Å². The van der Waals surface area contributed by atoms with E-state index in [-0.39, 0.29) is 24.0 Å². The SMILES string of the molecule is C=CC(=O)N1C[C@H](C)N(C2=NC(=C)N3c4c2cc(C)c(-c2ccc(F)cc2F)c4SC[C@@H]3CN2CCC3(CC2)COC3)C[C@H]1C. The number of anilines is 1. The van der Waals surface area contributed by atoms with Gasteiger partial charge >= 0.3 is 0 Å². The largest absolute Gasteiger partial charge is 0.380 e. The van der Waals surface area contributed by atoms with Crippen molar-refractivity contribution < 1.29 is 18.3 Å². The molecule has 0 N–H and O–H groups in total. The molecule has 0 bridgehead atoms. The molecule has 1 amide bonds. The van der Waals surface area contributed by atoms with Crippen LogP contribution in [0.4, 0.5) is 14.5 Å². The van der Waals surface area contributed by atoms with E-state index in [0.717, 1.165) is 90.6 Å². The summed E-state index contributed by atoms with van der Waals surface area (Å²) in [7, 11) is 0. The molecule has 5 aliphatic heterocycles. The van der Waals surface area contributed by atoms with Crippen LogP contribution in [-0.4, -0.2) is 96.3 Å². The fourth-order valence-corrected chi connectivity index (χ4v) is 9.13. The predicted molar refractivity (Wildman–Crippen MR) is 176 cm³/mol. The number of hydrogen-bond acceptors (Lipinski definition) is 7. The van der Waals surface area contributed by atoms with Gasteiger partial charge in [0.05, 0.1) is 24.9 Å². The number of aryl methyl sites for hydroxylation is 1. The van der Waals surface area contributed by atoms with E-state index >= 15 is 4.39 Å². The van der Waals surface area contributed by atoms with Crippen LogP contribution in [0.2, 0.25) is 0 Å². The minimum Gasteiger partial charge on any atom is -0.380 e. The molecule has 2 aromatic rings. The van der Waals surface area contributed by atoms with Gasteiger partial charge in [0.1, 0.15) is 23.3 Å². The van der Waals surface area contributed by atoms with Crippen LogP contribution in [0.5, 0.6) is 0 Å². The second-order valence-corrected chi connectivity index (χ2v) is 14.5. The Morgan fingerprint density at radius 2 is 1.89 bits per heavy atom. The van der Waals surface area contributed by atoms with Crippen LogP contribution in [0.15, 0.2) is 59.2 Å². The van der Waals surface area contributed by atoms with Gasteiger partial charge in [0.15, 0.2) is 0 Å². The maximum Gasteiger partial charge on any atom is 0.246 e. The molecule has 5 aliphatic rings. The number of piperazine rings is 1. The van der Waals surface area contributed by atoms with Gasteiger partial charge in [-0.3, -0.25) is 4.79 Å². The number of likely N-dealkylation sites (tertiary alicyclic amines) is 1. The molecule has 0 aromatic heterocycles. The zero-order chi connectivity index (χ0) is 31.6. The molecule has 1 spiro atoms. The second-order valence-electron chi connectivity index (χ2n) is 13.4.